The van der Waals surface area contributed by atoms with Crippen LogP contribution in [0.3, 0.4) is 0 Å². The van der Waals surface area contributed by atoms with Crippen LogP contribution in [-0.2, 0) is 0 Å². The fraction of sp³-hybridized carbons (Fsp3) is 0.214. The molecule has 4 heteroatoms. The van der Waals surface area contributed by atoms with E-state index in [1.165, 1.54) is 12.1 Å². The van der Waals surface area contributed by atoms with E-state index in [0.29, 0.717) is 28.1 Å². The molecular weight excluding hydrogens is 231 g/mol. The van der Waals surface area contributed by atoms with Crippen molar-refractivity contribution in [3.05, 3.63) is 58.2 Å². The van der Waals surface area contributed by atoms with Gasteiger partial charge in [-0.2, -0.15) is 10.2 Å². The largest absolute Gasteiger partial charge is 0.289 e. The minimum atomic E-state index is -0.313. The van der Waals surface area contributed by atoms with Crippen molar-refractivity contribution < 1.29 is 9.18 Å². The Kier molecular flexibility index (Phi) is 3.19. The number of rotatable bonds is 2. The number of hydrogen-bond acceptors (Lipinski definition) is 3. The minimum absolute atomic E-state index is 0.159. The Bertz CT molecular complexity index is 623. The van der Waals surface area contributed by atoms with Crippen molar-refractivity contribution in [2.75, 3.05) is 0 Å². The number of aryl methyl sites for hydroxylation is 3. The fourth-order valence-electron chi connectivity index (χ4n) is 1.72. The summed E-state index contributed by atoms with van der Waals surface area (Å²) in [4.78, 5) is 12.3. The van der Waals surface area contributed by atoms with Gasteiger partial charge in [-0.1, -0.05) is 0 Å². The summed E-state index contributed by atoms with van der Waals surface area (Å²) in [7, 11) is 0. The van der Waals surface area contributed by atoms with Gasteiger partial charge in [-0.15, -0.1) is 0 Å². The minimum Gasteiger partial charge on any atom is -0.289 e. The highest BCUT2D eigenvalue weighted by Gasteiger charge is 2.14. The number of aromatic nitrogens is 2. The van der Waals surface area contributed by atoms with Crippen molar-refractivity contribution in [3.63, 3.8) is 0 Å². The Morgan fingerprint density at radius 3 is 2.50 bits per heavy atom. The van der Waals surface area contributed by atoms with Crippen LogP contribution in [0.2, 0.25) is 0 Å². The fourth-order valence-corrected chi connectivity index (χ4v) is 1.72. The molecule has 0 atom stereocenters. The molecule has 0 radical (unpaired) electrons. The smallest absolute Gasteiger partial charge is 0.194 e. The molecule has 92 valence electrons. The van der Waals surface area contributed by atoms with Crippen molar-refractivity contribution in [2.24, 2.45) is 0 Å². The molecule has 0 bridgehead atoms. The van der Waals surface area contributed by atoms with Crippen LogP contribution < -0.4 is 0 Å². The molecule has 0 unspecified atom stereocenters. The quantitative estimate of drug-likeness (QED) is 0.763. The van der Waals surface area contributed by atoms with E-state index >= 15 is 0 Å². The second-order valence-electron chi connectivity index (χ2n) is 4.28. The second-order valence-corrected chi connectivity index (χ2v) is 4.28. The molecule has 0 amide bonds. The van der Waals surface area contributed by atoms with Gasteiger partial charge in [0.1, 0.15) is 5.82 Å². The summed E-state index contributed by atoms with van der Waals surface area (Å²) in [6, 6.07) is 6.04. The molecule has 18 heavy (non-hydrogen) atoms. The number of carbonyl (C=O) groups excluding carboxylic acids is 1. The molecule has 2 aromatic rings. The molecule has 1 aromatic heterocycles. The average molecular weight is 244 g/mol. The van der Waals surface area contributed by atoms with Crippen LogP contribution in [0.4, 0.5) is 4.39 Å². The predicted octanol–water partition coefficient (Wildman–Crippen LogP) is 2.77. The van der Waals surface area contributed by atoms with Gasteiger partial charge in [-0.05, 0) is 50.6 Å². The number of benzene rings is 1. The maximum atomic E-state index is 13.2. The van der Waals surface area contributed by atoms with E-state index in [0.717, 1.165) is 0 Å². The monoisotopic (exact) mass is 244 g/mol. The Morgan fingerprint density at radius 1 is 1.11 bits per heavy atom. The zero-order chi connectivity index (χ0) is 13.3. The van der Waals surface area contributed by atoms with Crippen molar-refractivity contribution in [2.45, 2.75) is 20.8 Å². The van der Waals surface area contributed by atoms with Crippen molar-refractivity contribution in [1.82, 2.24) is 10.2 Å². The third-order valence-electron chi connectivity index (χ3n) is 2.77. The van der Waals surface area contributed by atoms with Gasteiger partial charge in [-0.3, -0.25) is 4.79 Å². The third-order valence-corrected chi connectivity index (χ3v) is 2.77. The first-order chi connectivity index (χ1) is 8.49. The van der Waals surface area contributed by atoms with Crippen LogP contribution in [-0.4, -0.2) is 16.0 Å². The molecule has 0 N–H and O–H groups in total. The summed E-state index contributed by atoms with van der Waals surface area (Å²) in [6.07, 6.45) is 0. The summed E-state index contributed by atoms with van der Waals surface area (Å²) < 4.78 is 13.2. The van der Waals surface area contributed by atoms with Crippen LogP contribution in [0.1, 0.15) is 32.9 Å². The van der Waals surface area contributed by atoms with Crippen LogP contribution in [0.25, 0.3) is 0 Å². The Hall–Kier alpha value is -2.10. The summed E-state index contributed by atoms with van der Waals surface area (Å²) in [6.45, 7) is 5.14. The lowest BCUT2D eigenvalue weighted by Gasteiger charge is -2.06. The van der Waals surface area contributed by atoms with Gasteiger partial charge in [-0.25, -0.2) is 4.39 Å². The molecule has 0 aliphatic heterocycles. The van der Waals surface area contributed by atoms with E-state index in [9.17, 15) is 9.18 Å². The van der Waals surface area contributed by atoms with Crippen LogP contribution in [0.5, 0.6) is 0 Å². The molecule has 3 nitrogen and oxygen atoms in total. The molecule has 0 saturated carbocycles. The maximum Gasteiger partial charge on any atom is 0.194 e. The highest BCUT2D eigenvalue weighted by molar-refractivity contribution is 6.09. The van der Waals surface area contributed by atoms with Crippen LogP contribution in [0, 0.1) is 26.6 Å². The molecule has 2 rings (SSSR count). The predicted molar refractivity (Wildman–Crippen MR) is 66.1 cm³/mol. The standard InChI is InChI=1S/C14H13FN2O/c1-8-6-11(4-5-13(8)15)14(18)12-7-9(2)16-17-10(12)3/h4-7H,1-3H3. The third kappa shape index (κ3) is 2.27. The number of carbonyl (C=O) groups is 1. The highest BCUT2D eigenvalue weighted by Crippen LogP contribution is 2.15. The number of hydrogen-bond donors (Lipinski definition) is 0. The van der Waals surface area contributed by atoms with Crippen molar-refractivity contribution >= 4 is 5.78 Å². The first kappa shape index (κ1) is 12.4. The maximum absolute atomic E-state index is 13.2. The zero-order valence-corrected chi connectivity index (χ0v) is 10.5. The van der Waals surface area contributed by atoms with Gasteiger partial charge in [0, 0.05) is 11.1 Å². The Balaban J connectivity index is 2.47. The Morgan fingerprint density at radius 2 is 1.83 bits per heavy atom. The summed E-state index contributed by atoms with van der Waals surface area (Å²) >= 11 is 0. The van der Waals surface area contributed by atoms with E-state index in [4.69, 9.17) is 0 Å². The first-order valence-electron chi connectivity index (χ1n) is 5.61. The zero-order valence-electron chi connectivity index (χ0n) is 10.5. The molecule has 0 fully saturated rings. The van der Waals surface area contributed by atoms with Crippen LogP contribution >= 0.6 is 0 Å². The lowest BCUT2D eigenvalue weighted by molar-refractivity contribution is 0.103. The van der Waals surface area contributed by atoms with E-state index in [1.54, 1.807) is 32.9 Å². The summed E-state index contributed by atoms with van der Waals surface area (Å²) in [5.41, 5.74) is 2.69. The van der Waals surface area contributed by atoms with E-state index in [2.05, 4.69) is 10.2 Å². The van der Waals surface area contributed by atoms with Crippen LogP contribution in [0.15, 0.2) is 24.3 Å². The van der Waals surface area contributed by atoms with Gasteiger partial charge in [0.25, 0.3) is 0 Å². The van der Waals surface area contributed by atoms with Gasteiger partial charge in [0.05, 0.1) is 11.4 Å². The van der Waals surface area contributed by atoms with Crippen molar-refractivity contribution in [3.8, 4) is 0 Å². The molecule has 0 aliphatic rings. The molecule has 1 aromatic carbocycles. The molecule has 0 spiro atoms. The van der Waals surface area contributed by atoms with Gasteiger partial charge >= 0.3 is 0 Å². The van der Waals surface area contributed by atoms with Gasteiger partial charge in [0.15, 0.2) is 5.78 Å². The molecular formula is C14H13FN2O. The van der Waals surface area contributed by atoms with E-state index in [1.807, 2.05) is 0 Å². The number of nitrogens with zero attached hydrogens (tertiary/aromatic N) is 2. The topological polar surface area (TPSA) is 42.9 Å². The molecule has 0 saturated heterocycles. The van der Waals surface area contributed by atoms with Crippen molar-refractivity contribution in [1.29, 1.82) is 0 Å². The highest BCUT2D eigenvalue weighted by atomic mass is 19.1. The SMILES string of the molecule is Cc1cc(C(=O)c2ccc(F)c(C)c2)c(C)nn1. The summed E-state index contributed by atoms with van der Waals surface area (Å²) in [5, 5.41) is 7.81. The normalized spacial score (nSPS) is 10.4. The lowest BCUT2D eigenvalue weighted by atomic mass is 10.0. The van der Waals surface area contributed by atoms with E-state index < -0.39 is 0 Å². The second kappa shape index (κ2) is 4.64. The van der Waals surface area contributed by atoms with E-state index in [-0.39, 0.29) is 11.6 Å². The first-order valence-corrected chi connectivity index (χ1v) is 5.61. The Labute approximate surface area is 105 Å². The van der Waals surface area contributed by atoms with Gasteiger partial charge < -0.3 is 0 Å². The molecule has 1 heterocycles. The number of ketones is 1. The number of halogens is 1. The lowest BCUT2D eigenvalue weighted by Crippen LogP contribution is -2.07. The average Bonchev–Trinajstić information content (AvgIpc) is 2.35. The summed E-state index contributed by atoms with van der Waals surface area (Å²) in [5.74, 6) is -0.471. The van der Waals surface area contributed by atoms with Gasteiger partial charge in [0.2, 0.25) is 0 Å². The molecule has 0 aliphatic carbocycles.